The van der Waals surface area contributed by atoms with Crippen LogP contribution in [0.2, 0.25) is 10.0 Å². The van der Waals surface area contributed by atoms with Crippen molar-refractivity contribution in [2.24, 2.45) is 0 Å². The fourth-order valence-electron chi connectivity index (χ4n) is 1.95. The van der Waals surface area contributed by atoms with Gasteiger partial charge in [-0.05, 0) is 42.0 Å². The molecule has 25 heavy (non-hydrogen) atoms. The van der Waals surface area contributed by atoms with Crippen molar-refractivity contribution in [3.63, 3.8) is 0 Å². The largest absolute Gasteiger partial charge is 0.348 e. The lowest BCUT2D eigenvalue weighted by molar-refractivity contribution is 0.0951. The van der Waals surface area contributed by atoms with E-state index in [9.17, 15) is 13.2 Å². The Morgan fingerprint density at radius 3 is 2.40 bits per heavy atom. The normalized spacial score (nSPS) is 10.9. The quantitative estimate of drug-likeness (QED) is 0.737. The Hall–Kier alpha value is -2.04. The number of sulfonamides is 1. The number of carbonyl (C=O) groups is 1. The van der Waals surface area contributed by atoms with Gasteiger partial charge in [-0.2, -0.15) is 4.72 Å². The highest BCUT2D eigenvalue weighted by Crippen LogP contribution is 2.20. The highest BCUT2D eigenvalue weighted by atomic mass is 35.5. The predicted octanol–water partition coefficient (Wildman–Crippen LogP) is 2.83. The molecule has 0 radical (unpaired) electrons. The number of carbonyl (C=O) groups excluding carboxylic acids is 1. The van der Waals surface area contributed by atoms with Gasteiger partial charge in [0, 0.05) is 22.2 Å². The highest BCUT2D eigenvalue weighted by Gasteiger charge is 2.14. The molecule has 0 spiro atoms. The third-order valence-electron chi connectivity index (χ3n) is 3.25. The Morgan fingerprint density at radius 2 is 1.80 bits per heavy atom. The summed E-state index contributed by atoms with van der Waals surface area (Å²) in [5.74, 6) is 1.83. The van der Waals surface area contributed by atoms with E-state index >= 15 is 0 Å². The molecule has 0 saturated carbocycles. The van der Waals surface area contributed by atoms with E-state index in [4.69, 9.17) is 29.6 Å². The molecule has 2 rings (SSSR count). The van der Waals surface area contributed by atoms with Crippen molar-refractivity contribution in [3.8, 4) is 12.3 Å². The summed E-state index contributed by atoms with van der Waals surface area (Å²) in [6.45, 7) is 0.116. The fraction of sp³-hybridized carbons (Fsp3) is 0.118. The minimum atomic E-state index is -3.68. The molecule has 2 aromatic rings. The smallest absolute Gasteiger partial charge is 0.251 e. The Kier molecular flexibility index (Phi) is 6.45. The van der Waals surface area contributed by atoms with Gasteiger partial charge >= 0.3 is 0 Å². The lowest BCUT2D eigenvalue weighted by Crippen LogP contribution is -2.25. The number of amides is 1. The van der Waals surface area contributed by atoms with Gasteiger partial charge in [0.1, 0.15) is 0 Å². The molecular weight excluding hydrogens is 383 g/mol. The molecule has 1 amide bonds. The summed E-state index contributed by atoms with van der Waals surface area (Å²) in [6, 6.07) is 10.5. The van der Waals surface area contributed by atoms with E-state index in [0.717, 1.165) is 5.56 Å². The molecule has 0 saturated heterocycles. The molecule has 130 valence electrons. The summed E-state index contributed by atoms with van der Waals surface area (Å²) in [5.41, 5.74) is 1.04. The van der Waals surface area contributed by atoms with E-state index in [2.05, 4.69) is 16.0 Å². The Labute approximate surface area is 156 Å². The summed E-state index contributed by atoms with van der Waals surface area (Å²) in [5, 5.41) is 3.67. The first kappa shape index (κ1) is 19.3. The SMILES string of the molecule is C#CCNS(=O)(=O)c1ccc(C(=O)NCc2ccc(Cl)cc2Cl)cc1. The van der Waals surface area contributed by atoms with Crippen LogP contribution in [0.3, 0.4) is 0 Å². The summed E-state index contributed by atoms with van der Waals surface area (Å²) < 4.78 is 26.1. The van der Waals surface area contributed by atoms with Crippen LogP contribution in [0.1, 0.15) is 15.9 Å². The number of hydrogen-bond acceptors (Lipinski definition) is 3. The molecule has 2 aromatic carbocycles. The summed E-state index contributed by atoms with van der Waals surface area (Å²) in [7, 11) is -3.68. The number of benzene rings is 2. The van der Waals surface area contributed by atoms with E-state index in [0.29, 0.717) is 15.6 Å². The van der Waals surface area contributed by atoms with Crippen molar-refractivity contribution in [3.05, 3.63) is 63.6 Å². The zero-order valence-corrected chi connectivity index (χ0v) is 15.3. The Morgan fingerprint density at radius 1 is 1.12 bits per heavy atom. The van der Waals surface area contributed by atoms with Crippen molar-refractivity contribution < 1.29 is 13.2 Å². The van der Waals surface area contributed by atoms with Crippen LogP contribution in [0.5, 0.6) is 0 Å². The first-order chi connectivity index (χ1) is 11.8. The second kappa shape index (κ2) is 8.37. The predicted molar refractivity (Wildman–Crippen MR) is 98.1 cm³/mol. The van der Waals surface area contributed by atoms with Crippen molar-refractivity contribution in [2.75, 3.05) is 6.54 Å². The molecular formula is C17H14Cl2N2O3S. The summed E-state index contributed by atoms with van der Waals surface area (Å²) in [4.78, 5) is 12.2. The first-order valence-electron chi connectivity index (χ1n) is 7.09. The van der Waals surface area contributed by atoms with Crippen LogP contribution in [-0.4, -0.2) is 20.9 Å². The van der Waals surface area contributed by atoms with E-state index < -0.39 is 10.0 Å². The van der Waals surface area contributed by atoms with Gasteiger partial charge in [-0.25, -0.2) is 8.42 Å². The number of terminal acetylenes is 1. The fourth-order valence-corrected chi connectivity index (χ4v) is 3.36. The minimum absolute atomic E-state index is 0.0278. The lowest BCUT2D eigenvalue weighted by Gasteiger charge is -2.08. The average Bonchev–Trinajstić information content (AvgIpc) is 2.59. The molecule has 0 fully saturated rings. The van der Waals surface area contributed by atoms with Crippen LogP contribution < -0.4 is 10.0 Å². The van der Waals surface area contributed by atoms with Crippen LogP contribution in [0.15, 0.2) is 47.4 Å². The van der Waals surface area contributed by atoms with E-state index in [1.165, 1.54) is 24.3 Å². The van der Waals surface area contributed by atoms with E-state index in [-0.39, 0.29) is 23.9 Å². The molecule has 0 heterocycles. The molecule has 0 aliphatic carbocycles. The Balaban J connectivity index is 2.04. The van der Waals surface area contributed by atoms with Crippen LogP contribution in [0, 0.1) is 12.3 Å². The first-order valence-corrected chi connectivity index (χ1v) is 9.33. The standard InChI is InChI=1S/C17H14Cl2N2O3S/c1-2-9-21-25(23,24)15-7-4-12(5-8-15)17(22)20-11-13-3-6-14(18)10-16(13)19/h1,3-8,10,21H,9,11H2,(H,20,22). The highest BCUT2D eigenvalue weighted by molar-refractivity contribution is 7.89. The van der Waals surface area contributed by atoms with Gasteiger partial charge in [0.15, 0.2) is 0 Å². The van der Waals surface area contributed by atoms with Crippen molar-refractivity contribution in [1.29, 1.82) is 0 Å². The third kappa shape index (κ3) is 5.21. The molecule has 0 aliphatic rings. The second-order valence-electron chi connectivity index (χ2n) is 4.97. The second-order valence-corrected chi connectivity index (χ2v) is 7.58. The van der Waals surface area contributed by atoms with E-state index in [1.54, 1.807) is 18.2 Å². The molecule has 0 atom stereocenters. The Bertz CT molecular complexity index is 920. The lowest BCUT2D eigenvalue weighted by atomic mass is 10.2. The van der Waals surface area contributed by atoms with Gasteiger partial charge in [0.2, 0.25) is 10.0 Å². The van der Waals surface area contributed by atoms with Crippen LogP contribution in [0.25, 0.3) is 0 Å². The maximum atomic E-state index is 12.2. The molecule has 8 heteroatoms. The maximum Gasteiger partial charge on any atom is 0.251 e. The maximum absolute atomic E-state index is 12.2. The topological polar surface area (TPSA) is 75.3 Å². The molecule has 0 bridgehead atoms. The van der Waals surface area contributed by atoms with Gasteiger partial charge in [0.25, 0.3) is 5.91 Å². The average molecular weight is 397 g/mol. The van der Waals surface area contributed by atoms with Gasteiger partial charge in [-0.1, -0.05) is 35.2 Å². The van der Waals surface area contributed by atoms with Crippen molar-refractivity contribution in [1.82, 2.24) is 10.0 Å². The molecule has 0 unspecified atom stereocenters. The van der Waals surface area contributed by atoms with Crippen LogP contribution >= 0.6 is 23.2 Å². The van der Waals surface area contributed by atoms with Gasteiger partial charge in [-0.15, -0.1) is 6.42 Å². The van der Waals surface area contributed by atoms with Crippen LogP contribution in [0.4, 0.5) is 0 Å². The number of nitrogens with one attached hydrogen (secondary N) is 2. The zero-order valence-electron chi connectivity index (χ0n) is 12.9. The monoisotopic (exact) mass is 396 g/mol. The summed E-state index contributed by atoms with van der Waals surface area (Å²) >= 11 is 11.9. The van der Waals surface area contributed by atoms with Crippen molar-refractivity contribution in [2.45, 2.75) is 11.4 Å². The minimum Gasteiger partial charge on any atom is -0.348 e. The summed E-state index contributed by atoms with van der Waals surface area (Å²) in [6.07, 6.45) is 5.03. The van der Waals surface area contributed by atoms with Crippen molar-refractivity contribution >= 4 is 39.1 Å². The van der Waals surface area contributed by atoms with Gasteiger partial charge in [0.05, 0.1) is 11.4 Å². The molecule has 5 nitrogen and oxygen atoms in total. The van der Waals surface area contributed by atoms with Gasteiger partial charge in [-0.3, -0.25) is 4.79 Å². The third-order valence-corrected chi connectivity index (χ3v) is 5.25. The van der Waals surface area contributed by atoms with E-state index in [1.807, 2.05) is 0 Å². The molecule has 0 aromatic heterocycles. The van der Waals surface area contributed by atoms with Gasteiger partial charge < -0.3 is 5.32 Å². The molecule has 2 N–H and O–H groups in total. The zero-order chi connectivity index (χ0) is 18.4. The molecule has 0 aliphatic heterocycles. The van der Waals surface area contributed by atoms with Crippen LogP contribution in [-0.2, 0) is 16.6 Å². The number of hydrogen-bond donors (Lipinski definition) is 2. The number of halogens is 2. The number of rotatable bonds is 6.